The molecule has 4 rings (SSSR count). The fourth-order valence-electron chi connectivity index (χ4n) is 3.75. The third-order valence-electron chi connectivity index (χ3n) is 5.58. The molecule has 0 atom stereocenters. The van der Waals surface area contributed by atoms with Gasteiger partial charge in [0.15, 0.2) is 5.82 Å². The van der Waals surface area contributed by atoms with Gasteiger partial charge in [0.05, 0.1) is 38.4 Å². The minimum absolute atomic E-state index is 0.0107. The Labute approximate surface area is 220 Å². The second-order valence-corrected chi connectivity index (χ2v) is 8.70. The molecule has 0 spiro atoms. The fourth-order valence-corrected chi connectivity index (χ4v) is 4.66. The summed E-state index contributed by atoms with van der Waals surface area (Å²) in [5.41, 5.74) is 1.10. The molecule has 2 heterocycles. The number of hydrogen-bond acceptors (Lipinski definition) is 9. The monoisotopic (exact) mass is 538 g/mol. The quantitative estimate of drug-likeness (QED) is 0.259. The van der Waals surface area contributed by atoms with Crippen molar-refractivity contribution in [3.05, 3.63) is 76.0 Å². The number of pyridine rings is 1. The number of ether oxygens (including phenoxy) is 3. The van der Waals surface area contributed by atoms with Crippen molar-refractivity contribution in [1.29, 1.82) is 0 Å². The van der Waals surface area contributed by atoms with Gasteiger partial charge < -0.3 is 30.2 Å². The Morgan fingerprint density at radius 3 is 2.47 bits per heavy atom. The van der Waals surface area contributed by atoms with Gasteiger partial charge in [-0.2, -0.15) is 0 Å². The summed E-state index contributed by atoms with van der Waals surface area (Å²) in [6, 6.07) is 9.45. The first-order chi connectivity index (χ1) is 18.4. The molecule has 0 aliphatic carbocycles. The van der Waals surface area contributed by atoms with Crippen LogP contribution >= 0.6 is 11.3 Å². The molecule has 0 aliphatic rings. The van der Waals surface area contributed by atoms with Crippen LogP contribution in [0, 0.1) is 5.82 Å². The van der Waals surface area contributed by atoms with Crippen LogP contribution in [0.1, 0.15) is 25.6 Å². The maximum Gasteiger partial charge on any atom is 0.349 e. The van der Waals surface area contributed by atoms with Gasteiger partial charge in [0, 0.05) is 35.8 Å². The fraction of sp³-hybridized carbons (Fsp3) is 0.154. The van der Waals surface area contributed by atoms with Crippen molar-refractivity contribution in [2.45, 2.75) is 6.54 Å². The van der Waals surface area contributed by atoms with Crippen LogP contribution in [0.4, 0.5) is 26.2 Å². The van der Waals surface area contributed by atoms with E-state index in [9.17, 15) is 18.8 Å². The average molecular weight is 539 g/mol. The lowest BCUT2D eigenvalue weighted by atomic mass is 10.1. The first kappa shape index (κ1) is 26.4. The molecular formula is C26H23FN4O6S. The summed E-state index contributed by atoms with van der Waals surface area (Å²) in [6.07, 6.45) is 3.48. The van der Waals surface area contributed by atoms with E-state index in [1.807, 2.05) is 24.3 Å². The van der Waals surface area contributed by atoms with Crippen molar-refractivity contribution in [3.8, 4) is 5.75 Å². The predicted octanol–water partition coefficient (Wildman–Crippen LogP) is 5.27. The Kier molecular flexibility index (Phi) is 8.02. The number of fused-ring (bicyclic) bond motifs is 1. The number of benzene rings is 2. The summed E-state index contributed by atoms with van der Waals surface area (Å²) in [6.45, 7) is 0.379. The molecule has 2 amide bonds. The van der Waals surface area contributed by atoms with Crippen LogP contribution in [0.2, 0.25) is 0 Å². The maximum absolute atomic E-state index is 14.8. The molecule has 4 aromatic rings. The summed E-state index contributed by atoms with van der Waals surface area (Å²) in [5, 5.41) is 11.5. The molecule has 0 aliphatic heterocycles. The van der Waals surface area contributed by atoms with E-state index < -0.39 is 23.8 Å². The lowest BCUT2D eigenvalue weighted by Gasteiger charge is -2.16. The zero-order valence-corrected chi connectivity index (χ0v) is 21.4. The average Bonchev–Trinajstić information content (AvgIpc) is 3.35. The van der Waals surface area contributed by atoms with E-state index in [0.29, 0.717) is 12.2 Å². The van der Waals surface area contributed by atoms with Gasteiger partial charge in [-0.25, -0.2) is 18.8 Å². The van der Waals surface area contributed by atoms with Gasteiger partial charge in [-0.3, -0.25) is 4.98 Å². The summed E-state index contributed by atoms with van der Waals surface area (Å²) in [5.74, 6) is -2.11. The molecule has 0 fully saturated rings. The van der Waals surface area contributed by atoms with Crippen molar-refractivity contribution in [1.82, 2.24) is 4.98 Å². The Morgan fingerprint density at radius 2 is 1.74 bits per heavy atom. The predicted molar refractivity (Wildman–Crippen MR) is 142 cm³/mol. The van der Waals surface area contributed by atoms with E-state index >= 15 is 0 Å². The van der Waals surface area contributed by atoms with Crippen molar-refractivity contribution in [3.63, 3.8) is 0 Å². The number of nitrogens with one attached hydrogen (secondary N) is 3. The lowest BCUT2D eigenvalue weighted by Crippen LogP contribution is -2.22. The topological polar surface area (TPSA) is 128 Å². The van der Waals surface area contributed by atoms with E-state index in [2.05, 4.69) is 25.7 Å². The minimum atomic E-state index is -0.848. The van der Waals surface area contributed by atoms with Crippen molar-refractivity contribution >= 4 is 57.1 Å². The van der Waals surface area contributed by atoms with Gasteiger partial charge in [0.25, 0.3) is 0 Å². The van der Waals surface area contributed by atoms with Crippen molar-refractivity contribution < 1.29 is 33.0 Å². The smallest absolute Gasteiger partial charge is 0.349 e. The van der Waals surface area contributed by atoms with Gasteiger partial charge in [-0.15, -0.1) is 11.3 Å². The SMILES string of the molecule is COC(=O)c1scc(NC(=O)Nc2cc(NCc3cccc4ccncc34)c(OC)cc2F)c1C(=O)OC. The third kappa shape index (κ3) is 5.49. The highest BCUT2D eigenvalue weighted by Crippen LogP contribution is 2.33. The van der Waals surface area contributed by atoms with Crippen LogP contribution in [-0.4, -0.2) is 44.3 Å². The Balaban J connectivity index is 1.55. The normalized spacial score (nSPS) is 10.5. The maximum atomic E-state index is 14.8. The van der Waals surface area contributed by atoms with Gasteiger partial charge in [0.2, 0.25) is 0 Å². The van der Waals surface area contributed by atoms with Gasteiger partial charge in [0.1, 0.15) is 16.2 Å². The number of amides is 2. The largest absolute Gasteiger partial charge is 0.494 e. The van der Waals surface area contributed by atoms with Crippen molar-refractivity contribution in [2.24, 2.45) is 0 Å². The van der Waals surface area contributed by atoms with E-state index in [0.717, 1.165) is 48.0 Å². The zero-order chi connectivity index (χ0) is 27.2. The van der Waals surface area contributed by atoms with E-state index in [1.54, 1.807) is 12.4 Å². The number of halogens is 1. The molecule has 0 radical (unpaired) electrons. The van der Waals surface area contributed by atoms with Crippen LogP contribution in [0.15, 0.2) is 54.2 Å². The van der Waals surface area contributed by atoms with E-state index in [4.69, 9.17) is 9.47 Å². The number of nitrogens with zero attached hydrogens (tertiary/aromatic N) is 1. The molecule has 10 nitrogen and oxygen atoms in total. The summed E-state index contributed by atoms with van der Waals surface area (Å²) >= 11 is 0.894. The second kappa shape index (κ2) is 11.6. The first-order valence-electron chi connectivity index (χ1n) is 11.1. The number of urea groups is 1. The number of rotatable bonds is 8. The summed E-state index contributed by atoms with van der Waals surface area (Å²) in [4.78, 5) is 41.1. The summed E-state index contributed by atoms with van der Waals surface area (Å²) in [7, 11) is 3.71. The number of hydrogen-bond donors (Lipinski definition) is 3. The highest BCUT2D eigenvalue weighted by atomic mass is 32.1. The highest BCUT2D eigenvalue weighted by Gasteiger charge is 2.26. The Hall–Kier alpha value is -4.71. The van der Waals surface area contributed by atoms with Crippen LogP contribution in [0.5, 0.6) is 5.75 Å². The minimum Gasteiger partial charge on any atom is -0.494 e. The molecule has 2 aromatic carbocycles. The highest BCUT2D eigenvalue weighted by molar-refractivity contribution is 7.13. The molecule has 12 heteroatoms. The zero-order valence-electron chi connectivity index (χ0n) is 20.6. The molecule has 38 heavy (non-hydrogen) atoms. The molecule has 0 saturated heterocycles. The number of carbonyl (C=O) groups excluding carboxylic acids is 3. The molecule has 0 bridgehead atoms. The molecule has 3 N–H and O–H groups in total. The molecule has 0 saturated carbocycles. The van der Waals surface area contributed by atoms with E-state index in [1.165, 1.54) is 18.6 Å². The van der Waals surface area contributed by atoms with Crippen LogP contribution in [0.3, 0.4) is 0 Å². The van der Waals surface area contributed by atoms with Crippen molar-refractivity contribution in [2.75, 3.05) is 37.3 Å². The van der Waals surface area contributed by atoms with Gasteiger partial charge in [-0.1, -0.05) is 18.2 Å². The van der Waals surface area contributed by atoms with Crippen LogP contribution < -0.4 is 20.7 Å². The van der Waals surface area contributed by atoms with E-state index in [-0.39, 0.29) is 27.6 Å². The Morgan fingerprint density at radius 1 is 0.974 bits per heavy atom. The number of anilines is 3. The molecular weight excluding hydrogens is 515 g/mol. The summed E-state index contributed by atoms with van der Waals surface area (Å²) < 4.78 is 29.5. The van der Waals surface area contributed by atoms with Gasteiger partial charge in [-0.05, 0) is 23.1 Å². The molecule has 0 unspecified atom stereocenters. The number of carbonyl (C=O) groups is 3. The van der Waals surface area contributed by atoms with Gasteiger partial charge >= 0.3 is 18.0 Å². The number of esters is 2. The van der Waals surface area contributed by atoms with Crippen LogP contribution in [-0.2, 0) is 16.0 Å². The number of aromatic nitrogens is 1. The van der Waals surface area contributed by atoms with Crippen LogP contribution in [0.25, 0.3) is 10.8 Å². The second-order valence-electron chi connectivity index (χ2n) is 7.82. The number of thiophene rings is 1. The number of methoxy groups -OCH3 is 3. The Bertz CT molecular complexity index is 1520. The standard InChI is InChI=1S/C26H23FN4O6S/c1-35-21-9-17(27)18(10-19(21)29-11-15-6-4-5-14-7-8-28-12-16(14)15)30-26(34)31-20-13-38-23(25(33)37-3)22(20)24(32)36-2/h4-10,12-13,29H,11H2,1-3H3,(H2,30,31,34). The lowest BCUT2D eigenvalue weighted by molar-refractivity contribution is 0.0561. The molecule has 2 aromatic heterocycles. The molecule has 196 valence electrons. The third-order valence-corrected chi connectivity index (χ3v) is 6.54. The first-order valence-corrected chi connectivity index (χ1v) is 12.0.